The molecule has 10 aromatic rings. The average Bonchev–Trinajstić information content (AvgIpc) is 3.70. The zero-order valence-electron chi connectivity index (χ0n) is 28.8. The van der Waals surface area contributed by atoms with Crippen molar-refractivity contribution in [3.05, 3.63) is 210 Å². The zero-order valence-corrected chi connectivity index (χ0v) is 28.8. The molecule has 0 fully saturated rings. The molecule has 1 heterocycles. The molecular weight excluding hydrogens is 639 g/mol. The first kappa shape index (κ1) is 28.8. The van der Waals surface area contributed by atoms with Gasteiger partial charge in [0.2, 0.25) is 0 Å². The molecule has 244 valence electrons. The van der Waals surface area contributed by atoms with Crippen molar-refractivity contribution in [1.29, 1.82) is 0 Å². The Kier molecular flexibility index (Phi) is 5.77. The van der Waals surface area contributed by atoms with Gasteiger partial charge in [-0.15, -0.1) is 0 Å². The predicted octanol–water partition coefficient (Wildman–Crippen LogP) is 13.4. The Morgan fingerprint density at radius 1 is 0.302 bits per heavy atom. The predicted molar refractivity (Wildman–Crippen MR) is 221 cm³/mol. The maximum absolute atomic E-state index is 5.39. The molecule has 53 heavy (non-hydrogen) atoms. The van der Waals surface area contributed by atoms with E-state index < -0.39 is 0 Å². The lowest BCUT2D eigenvalue weighted by Gasteiger charge is -2.30. The molecule has 0 saturated carbocycles. The summed E-state index contributed by atoms with van der Waals surface area (Å²) in [6.45, 7) is 0. The van der Waals surface area contributed by atoms with Crippen LogP contribution in [0.3, 0.4) is 0 Å². The molecule has 0 radical (unpaired) electrons. The summed E-state index contributed by atoms with van der Waals surface area (Å²) in [5, 5.41) is 8.70. The van der Waals surface area contributed by atoms with E-state index in [1.165, 1.54) is 93.3 Å². The summed E-state index contributed by atoms with van der Waals surface area (Å²) < 4.78 is 0. The number of para-hydroxylation sites is 1. The maximum atomic E-state index is 5.39. The third-order valence-corrected chi connectivity index (χ3v) is 12.1. The van der Waals surface area contributed by atoms with E-state index in [1.807, 2.05) is 0 Å². The summed E-state index contributed by atoms with van der Waals surface area (Å²) in [6, 6.07) is 69.5. The summed E-state index contributed by atoms with van der Waals surface area (Å²) >= 11 is 0. The normalized spacial score (nSPS) is 13.4. The Morgan fingerprint density at radius 3 is 1.34 bits per heavy atom. The van der Waals surface area contributed by atoms with Gasteiger partial charge in [-0.1, -0.05) is 176 Å². The van der Waals surface area contributed by atoms with Crippen LogP contribution in [0.5, 0.6) is 0 Å². The van der Waals surface area contributed by atoms with Gasteiger partial charge in [0.25, 0.3) is 0 Å². The molecule has 0 aliphatic heterocycles. The second kappa shape index (κ2) is 10.6. The van der Waals surface area contributed by atoms with Crippen molar-refractivity contribution in [2.75, 3.05) is 0 Å². The van der Waals surface area contributed by atoms with Gasteiger partial charge >= 0.3 is 0 Å². The van der Waals surface area contributed by atoms with Crippen LogP contribution in [0.15, 0.2) is 188 Å². The van der Waals surface area contributed by atoms with Crippen LogP contribution < -0.4 is 0 Å². The highest BCUT2D eigenvalue weighted by molar-refractivity contribution is 6.33. The maximum Gasteiger partial charge on any atom is 0.0794 e. The molecule has 0 saturated heterocycles. The number of pyridine rings is 1. The number of nitrogens with zero attached hydrogens (tertiary/aromatic N) is 1. The number of benzene rings is 9. The summed E-state index contributed by atoms with van der Waals surface area (Å²) in [6.07, 6.45) is 0. The minimum absolute atomic E-state index is 0.354. The largest absolute Gasteiger partial charge is 0.247 e. The summed E-state index contributed by atoms with van der Waals surface area (Å²) in [5.41, 5.74) is 16.0. The Morgan fingerprint density at radius 2 is 0.736 bits per heavy atom. The molecule has 0 bridgehead atoms. The molecule has 1 aromatic heterocycles. The molecule has 2 aliphatic carbocycles. The molecule has 2 aliphatic rings. The van der Waals surface area contributed by atoms with Crippen molar-refractivity contribution in [1.82, 2.24) is 4.98 Å². The van der Waals surface area contributed by atoms with Crippen LogP contribution in [-0.2, 0) is 5.41 Å². The van der Waals surface area contributed by atoms with Gasteiger partial charge in [0.15, 0.2) is 0 Å². The van der Waals surface area contributed by atoms with Gasteiger partial charge in [-0.25, -0.2) is 4.98 Å². The van der Waals surface area contributed by atoms with Crippen LogP contribution >= 0.6 is 0 Å². The van der Waals surface area contributed by atoms with Crippen molar-refractivity contribution in [2.45, 2.75) is 5.41 Å². The first-order valence-corrected chi connectivity index (χ1v) is 18.5. The number of rotatable bonds is 2. The summed E-state index contributed by atoms with van der Waals surface area (Å²) in [4.78, 5) is 5.39. The topological polar surface area (TPSA) is 12.9 Å². The molecule has 9 aromatic carbocycles. The van der Waals surface area contributed by atoms with Crippen LogP contribution in [0.4, 0.5) is 0 Å². The van der Waals surface area contributed by atoms with Crippen molar-refractivity contribution in [3.63, 3.8) is 0 Å². The molecular formula is C52H31N. The molecule has 1 heteroatoms. The van der Waals surface area contributed by atoms with Gasteiger partial charge in [0, 0.05) is 21.7 Å². The summed E-state index contributed by atoms with van der Waals surface area (Å²) in [7, 11) is 0. The van der Waals surface area contributed by atoms with E-state index in [-0.39, 0.29) is 5.41 Å². The van der Waals surface area contributed by atoms with Crippen LogP contribution in [0.25, 0.3) is 87.9 Å². The Hall–Kier alpha value is -6.83. The molecule has 0 unspecified atom stereocenters. The highest BCUT2D eigenvalue weighted by atomic mass is 14.7. The zero-order chi connectivity index (χ0) is 34.7. The van der Waals surface area contributed by atoms with Gasteiger partial charge in [-0.2, -0.15) is 0 Å². The van der Waals surface area contributed by atoms with Crippen LogP contribution in [0, 0.1) is 0 Å². The minimum atomic E-state index is -0.354. The third-order valence-electron chi connectivity index (χ3n) is 12.1. The van der Waals surface area contributed by atoms with E-state index in [0.717, 1.165) is 16.8 Å². The van der Waals surface area contributed by atoms with E-state index in [9.17, 15) is 0 Å². The first-order valence-electron chi connectivity index (χ1n) is 18.5. The van der Waals surface area contributed by atoms with Gasteiger partial charge < -0.3 is 0 Å². The van der Waals surface area contributed by atoms with Crippen molar-refractivity contribution < 1.29 is 0 Å². The number of hydrogen-bond donors (Lipinski definition) is 0. The molecule has 0 N–H and O–H groups in total. The van der Waals surface area contributed by atoms with E-state index >= 15 is 0 Å². The van der Waals surface area contributed by atoms with Crippen LogP contribution in [-0.4, -0.2) is 4.98 Å². The van der Waals surface area contributed by atoms with Crippen molar-refractivity contribution in [2.24, 2.45) is 0 Å². The van der Waals surface area contributed by atoms with Gasteiger partial charge in [-0.3, -0.25) is 0 Å². The molecule has 12 rings (SSSR count). The average molecular weight is 670 g/mol. The van der Waals surface area contributed by atoms with Crippen LogP contribution in [0.1, 0.15) is 22.3 Å². The quantitative estimate of drug-likeness (QED) is 0.167. The van der Waals surface area contributed by atoms with E-state index in [4.69, 9.17) is 4.98 Å². The fraction of sp³-hybridized carbons (Fsp3) is 0.0192. The van der Waals surface area contributed by atoms with E-state index in [0.29, 0.717) is 0 Å². The number of aromatic nitrogens is 1. The lowest BCUT2D eigenvalue weighted by Crippen LogP contribution is -2.25. The monoisotopic (exact) mass is 669 g/mol. The molecule has 0 atom stereocenters. The SMILES string of the molecule is c1ccc2c(c1)-c1ccccc1C21c2ccccc2-c2ccc(-c3ccc(-c4nc5ccccc5c5c6ccccc6c6ccccc6c45)cc3)cc21. The molecule has 1 nitrogen and oxygen atoms in total. The minimum Gasteiger partial charge on any atom is -0.247 e. The second-order valence-corrected chi connectivity index (χ2v) is 14.5. The van der Waals surface area contributed by atoms with Crippen molar-refractivity contribution in [3.8, 4) is 44.6 Å². The molecule has 1 spiro atoms. The standard InChI is InChI=1S/C52H31N/c1-3-18-41-35(13-1)36-14-2-4-19-42(36)50-49(41)43-20-8-12-24-48(43)53-51(50)33-27-25-32(26-28-33)34-29-30-40-39-17-7-11-23-46(39)52(47(40)31-34)44-21-9-5-15-37(44)38-16-6-10-22-45(38)52/h1-31H. The van der Waals surface area contributed by atoms with Crippen LogP contribution in [0.2, 0.25) is 0 Å². The lowest BCUT2D eigenvalue weighted by molar-refractivity contribution is 0.794. The Bertz CT molecular complexity index is 3100. The summed E-state index contributed by atoms with van der Waals surface area (Å²) in [5.74, 6) is 0. The Labute approximate surface area is 307 Å². The van der Waals surface area contributed by atoms with Gasteiger partial charge in [0.05, 0.1) is 16.6 Å². The third kappa shape index (κ3) is 3.73. The Balaban J connectivity index is 1.07. The highest BCUT2D eigenvalue weighted by Crippen LogP contribution is 2.63. The lowest BCUT2D eigenvalue weighted by atomic mass is 9.70. The van der Waals surface area contributed by atoms with Crippen molar-refractivity contribution >= 4 is 43.2 Å². The van der Waals surface area contributed by atoms with Gasteiger partial charge in [-0.05, 0) is 89.3 Å². The fourth-order valence-corrected chi connectivity index (χ4v) is 9.93. The number of fused-ring (bicyclic) bond motifs is 18. The van der Waals surface area contributed by atoms with Gasteiger partial charge in [0.1, 0.15) is 0 Å². The fourth-order valence-electron chi connectivity index (χ4n) is 9.93. The number of hydrogen-bond acceptors (Lipinski definition) is 1. The smallest absolute Gasteiger partial charge is 0.0794 e. The van der Waals surface area contributed by atoms with E-state index in [1.54, 1.807) is 0 Å². The van der Waals surface area contributed by atoms with E-state index in [2.05, 4.69) is 188 Å². The molecule has 0 amide bonds. The second-order valence-electron chi connectivity index (χ2n) is 14.5. The first-order chi connectivity index (χ1) is 26.3. The highest BCUT2D eigenvalue weighted by Gasteiger charge is 2.51.